The number of hydrogen-bond donors (Lipinski definition) is 12. The Bertz CT molecular complexity index is 1720. The third-order valence-electron chi connectivity index (χ3n) is 17.4. The van der Waals surface area contributed by atoms with Crippen LogP contribution >= 0.6 is 0 Å². The molecule has 510 valence electrons. The van der Waals surface area contributed by atoms with E-state index in [0.29, 0.717) is 12.8 Å². The number of nitrogens with one attached hydrogen (secondary N) is 1. The first kappa shape index (κ1) is 79.2. The van der Waals surface area contributed by atoms with Gasteiger partial charge in [-0.15, -0.1) is 0 Å². The lowest BCUT2D eigenvalue weighted by Gasteiger charge is -2.48. The maximum atomic E-state index is 13.3. The van der Waals surface area contributed by atoms with Crippen molar-refractivity contribution in [1.29, 1.82) is 0 Å². The molecule has 3 aliphatic rings. The van der Waals surface area contributed by atoms with Gasteiger partial charge in [0.2, 0.25) is 5.91 Å². The molecule has 87 heavy (non-hydrogen) atoms. The van der Waals surface area contributed by atoms with Gasteiger partial charge >= 0.3 is 0 Å². The van der Waals surface area contributed by atoms with Crippen molar-refractivity contribution in [3.8, 4) is 0 Å². The lowest BCUT2D eigenvalue weighted by atomic mass is 9.96. The second kappa shape index (κ2) is 50.6. The molecule has 0 saturated carbocycles. The minimum atomic E-state index is -1.98. The van der Waals surface area contributed by atoms with Gasteiger partial charge in [-0.25, -0.2) is 0 Å². The molecule has 12 N–H and O–H groups in total. The van der Waals surface area contributed by atoms with Crippen molar-refractivity contribution in [2.24, 2.45) is 0 Å². The fourth-order valence-electron chi connectivity index (χ4n) is 11.7. The Hall–Kier alpha value is -1.99. The van der Waals surface area contributed by atoms with Crippen LogP contribution in [0.15, 0.2) is 36.5 Å². The second-order valence-electron chi connectivity index (χ2n) is 25.0. The normalized spacial score (nSPS) is 28.8. The van der Waals surface area contributed by atoms with E-state index in [0.717, 1.165) is 57.8 Å². The van der Waals surface area contributed by atoms with Crippen LogP contribution < -0.4 is 5.32 Å². The molecule has 0 spiro atoms. The van der Waals surface area contributed by atoms with Crippen molar-refractivity contribution in [3.05, 3.63) is 36.5 Å². The Balaban J connectivity index is 1.42. The Morgan fingerprint density at radius 1 is 0.402 bits per heavy atom. The molecule has 0 bridgehead atoms. The summed E-state index contributed by atoms with van der Waals surface area (Å²) in [6.45, 7) is 1.70. The summed E-state index contributed by atoms with van der Waals surface area (Å²) in [5.74, 6) is -0.294. The van der Waals surface area contributed by atoms with Crippen LogP contribution in [0.3, 0.4) is 0 Å². The number of rotatable bonds is 53. The van der Waals surface area contributed by atoms with Crippen LogP contribution in [-0.2, 0) is 33.2 Å². The fraction of sp³-hybridized carbons (Fsp3) is 0.897. The predicted molar refractivity (Wildman–Crippen MR) is 337 cm³/mol. The number of carbonyl (C=O) groups excluding carboxylic acids is 1. The highest BCUT2D eigenvalue weighted by Crippen LogP contribution is 2.33. The molecule has 3 rings (SSSR count). The number of ether oxygens (including phenoxy) is 6. The first-order valence-electron chi connectivity index (χ1n) is 34.7. The molecular weight excluding hydrogens is 1120 g/mol. The zero-order chi connectivity index (χ0) is 63.3. The number of allylic oxidation sites excluding steroid dienone is 5. The molecular formula is C68H125NO18. The molecule has 0 radical (unpaired) electrons. The van der Waals surface area contributed by atoms with Crippen molar-refractivity contribution in [2.75, 3.05) is 26.4 Å². The minimum Gasteiger partial charge on any atom is -0.394 e. The van der Waals surface area contributed by atoms with Crippen LogP contribution in [0.4, 0.5) is 0 Å². The minimum absolute atomic E-state index is 0.226. The largest absolute Gasteiger partial charge is 0.394 e. The number of amides is 1. The summed E-state index contributed by atoms with van der Waals surface area (Å²) in [7, 11) is 0. The summed E-state index contributed by atoms with van der Waals surface area (Å²) in [4.78, 5) is 13.3. The van der Waals surface area contributed by atoms with E-state index in [9.17, 15) is 61.0 Å². The molecule has 1 amide bonds. The highest BCUT2D eigenvalue weighted by molar-refractivity contribution is 5.76. The third-order valence-corrected chi connectivity index (χ3v) is 17.4. The van der Waals surface area contributed by atoms with Gasteiger partial charge in [-0.2, -0.15) is 0 Å². The molecule has 3 heterocycles. The molecule has 19 nitrogen and oxygen atoms in total. The standard InChI is InChI=1S/C68H125NO18/c1-3-5-7-9-11-13-15-17-18-19-20-21-22-23-24-25-26-27-28-29-30-31-32-34-35-37-39-41-43-45-52(73)51(69-56(74)46-44-42-40-38-36-33-16-14-12-10-8-6-4-2)50-82-66-62(80)59(77)64(54(48-71)84-66)87-68-63(81)60(78)65(55(49-72)85-68)86-67-61(79)58(76)57(75)53(47-70)83-67/h14,16,35,37,43,45,51-55,57-68,70-73,75-81H,3-13,15,17-34,36,38-42,44,46-50H2,1-2H3,(H,69,74)/b16-14-,37-35+,45-43+. The molecule has 19 heteroatoms. The van der Waals surface area contributed by atoms with Gasteiger partial charge in [0.1, 0.15) is 73.2 Å². The summed E-state index contributed by atoms with van der Waals surface area (Å²) in [5.41, 5.74) is 0. The van der Waals surface area contributed by atoms with Crippen LogP contribution in [-0.4, -0.2) is 193 Å². The first-order chi connectivity index (χ1) is 42.3. The lowest BCUT2D eigenvalue weighted by molar-refractivity contribution is -0.379. The maximum Gasteiger partial charge on any atom is 0.220 e. The smallest absolute Gasteiger partial charge is 0.220 e. The lowest BCUT2D eigenvalue weighted by Crippen LogP contribution is -2.66. The van der Waals surface area contributed by atoms with Gasteiger partial charge in [-0.05, 0) is 57.8 Å². The van der Waals surface area contributed by atoms with E-state index in [1.165, 1.54) is 167 Å². The summed E-state index contributed by atoms with van der Waals surface area (Å²) in [6, 6.07) is -0.993. The van der Waals surface area contributed by atoms with E-state index in [4.69, 9.17) is 28.4 Å². The Morgan fingerprint density at radius 2 is 0.736 bits per heavy atom. The van der Waals surface area contributed by atoms with E-state index in [-0.39, 0.29) is 18.9 Å². The summed E-state index contributed by atoms with van der Waals surface area (Å²) < 4.78 is 34.3. The van der Waals surface area contributed by atoms with Crippen molar-refractivity contribution < 1.29 is 89.4 Å². The molecule has 17 unspecified atom stereocenters. The van der Waals surface area contributed by atoms with Crippen LogP contribution in [0.25, 0.3) is 0 Å². The Labute approximate surface area is 523 Å². The highest BCUT2D eigenvalue weighted by Gasteiger charge is 2.53. The molecule has 3 aliphatic heterocycles. The van der Waals surface area contributed by atoms with Gasteiger partial charge in [0.15, 0.2) is 18.9 Å². The Kier molecular flexibility index (Phi) is 46.0. The summed E-state index contributed by atoms with van der Waals surface area (Å²) in [5, 5.41) is 120. The molecule has 3 fully saturated rings. The molecule has 0 aromatic carbocycles. The van der Waals surface area contributed by atoms with Gasteiger partial charge in [0.25, 0.3) is 0 Å². The molecule has 0 aromatic rings. The molecule has 17 atom stereocenters. The fourth-order valence-corrected chi connectivity index (χ4v) is 11.7. The van der Waals surface area contributed by atoms with Crippen LogP contribution in [0.5, 0.6) is 0 Å². The highest BCUT2D eigenvalue weighted by atomic mass is 16.8. The average molecular weight is 1240 g/mol. The van der Waals surface area contributed by atoms with Crippen molar-refractivity contribution in [2.45, 2.75) is 362 Å². The number of aliphatic hydroxyl groups is 11. The second-order valence-corrected chi connectivity index (χ2v) is 25.0. The SMILES string of the molecule is CCCCCC/C=C\CCCCCCCC(=O)NC(COC1OC(CO)C(OC2OC(CO)C(OC3OC(CO)C(O)C(O)C3O)C(O)C2O)C(O)C1O)C(O)/C=C/CC/C=C/CCCCCCCCCCCCCCCCCCCCCCCCC. The van der Waals surface area contributed by atoms with Crippen LogP contribution in [0.1, 0.15) is 258 Å². The molecule has 3 saturated heterocycles. The van der Waals surface area contributed by atoms with Gasteiger partial charge < -0.3 is 89.9 Å². The van der Waals surface area contributed by atoms with Crippen molar-refractivity contribution in [1.82, 2.24) is 5.32 Å². The topological polar surface area (TPSA) is 307 Å². The van der Waals surface area contributed by atoms with E-state index in [1.54, 1.807) is 6.08 Å². The number of carbonyl (C=O) groups is 1. The van der Waals surface area contributed by atoms with E-state index in [2.05, 4.69) is 43.5 Å². The van der Waals surface area contributed by atoms with Crippen LogP contribution in [0, 0.1) is 0 Å². The number of unbranched alkanes of at least 4 members (excludes halogenated alkanes) is 33. The van der Waals surface area contributed by atoms with E-state index in [1.807, 2.05) is 6.08 Å². The van der Waals surface area contributed by atoms with Gasteiger partial charge in [-0.3, -0.25) is 4.79 Å². The van der Waals surface area contributed by atoms with E-state index >= 15 is 0 Å². The predicted octanol–water partition coefficient (Wildman–Crippen LogP) is 8.83. The maximum absolute atomic E-state index is 13.3. The first-order valence-corrected chi connectivity index (χ1v) is 34.7. The number of aliphatic hydroxyl groups excluding tert-OH is 11. The Morgan fingerprint density at radius 3 is 1.16 bits per heavy atom. The summed E-state index contributed by atoms with van der Waals surface area (Å²) >= 11 is 0. The third kappa shape index (κ3) is 32.9. The van der Waals surface area contributed by atoms with E-state index < -0.39 is 124 Å². The van der Waals surface area contributed by atoms with Gasteiger partial charge in [0.05, 0.1) is 38.6 Å². The summed E-state index contributed by atoms with van der Waals surface area (Å²) in [6.07, 6.45) is 31.5. The zero-order valence-corrected chi connectivity index (χ0v) is 53.8. The van der Waals surface area contributed by atoms with Gasteiger partial charge in [-0.1, -0.05) is 230 Å². The molecule has 0 aromatic heterocycles. The van der Waals surface area contributed by atoms with Gasteiger partial charge in [0, 0.05) is 6.42 Å². The number of hydrogen-bond acceptors (Lipinski definition) is 18. The van der Waals surface area contributed by atoms with Crippen molar-refractivity contribution >= 4 is 5.91 Å². The van der Waals surface area contributed by atoms with Crippen molar-refractivity contribution in [3.63, 3.8) is 0 Å². The quantitative estimate of drug-likeness (QED) is 0.0200. The van der Waals surface area contributed by atoms with Crippen LogP contribution in [0.2, 0.25) is 0 Å². The average Bonchev–Trinajstić information content (AvgIpc) is 2.79. The zero-order valence-electron chi connectivity index (χ0n) is 53.8. The monoisotopic (exact) mass is 1240 g/mol. The molecule has 0 aliphatic carbocycles.